The highest BCUT2D eigenvalue weighted by atomic mass is 19.4. The topological polar surface area (TPSA) is 38.7 Å². The average Bonchev–Trinajstić information content (AvgIpc) is 2.85. The number of alkyl halides is 7. The molecule has 22 heavy (non-hydrogen) atoms. The van der Waals surface area contributed by atoms with Crippen molar-refractivity contribution < 1.29 is 45.3 Å². The number of rotatable bonds is 3. The van der Waals surface area contributed by atoms with E-state index in [1.807, 2.05) is 0 Å². The van der Waals surface area contributed by atoms with E-state index in [1.54, 1.807) is 0 Å². The first-order chi connectivity index (χ1) is 9.93. The predicted octanol–water partition coefficient (Wildman–Crippen LogP) is 3.11. The van der Waals surface area contributed by atoms with Gasteiger partial charge in [0.15, 0.2) is 5.79 Å². The summed E-state index contributed by atoms with van der Waals surface area (Å²) in [6, 6.07) is 0. The van der Waals surface area contributed by atoms with Gasteiger partial charge in [-0.05, 0) is 18.8 Å². The SMILES string of the molecule is OC(C1CCC2(CC1)OCCO2)C(F)(F)C(F)(F)C(F)(F)F. The van der Waals surface area contributed by atoms with E-state index < -0.39 is 35.8 Å². The minimum atomic E-state index is -6.44. The summed E-state index contributed by atoms with van der Waals surface area (Å²) in [4.78, 5) is 0. The molecule has 0 aromatic rings. The van der Waals surface area contributed by atoms with Crippen LogP contribution < -0.4 is 0 Å². The molecule has 0 bridgehead atoms. The van der Waals surface area contributed by atoms with E-state index in [0.29, 0.717) is 13.2 Å². The minimum absolute atomic E-state index is 0.0579. The van der Waals surface area contributed by atoms with Gasteiger partial charge in [-0.25, -0.2) is 0 Å². The summed E-state index contributed by atoms with van der Waals surface area (Å²) in [7, 11) is 0. The van der Waals surface area contributed by atoms with E-state index >= 15 is 0 Å². The Morgan fingerprint density at radius 2 is 1.36 bits per heavy atom. The lowest BCUT2D eigenvalue weighted by molar-refractivity contribution is -0.375. The van der Waals surface area contributed by atoms with Crippen LogP contribution in [0.3, 0.4) is 0 Å². The van der Waals surface area contributed by atoms with Gasteiger partial charge in [-0.1, -0.05) is 0 Å². The summed E-state index contributed by atoms with van der Waals surface area (Å²) in [6.07, 6.45) is -9.80. The molecule has 2 rings (SSSR count). The van der Waals surface area contributed by atoms with Gasteiger partial charge in [-0.15, -0.1) is 0 Å². The van der Waals surface area contributed by atoms with Crippen LogP contribution in [0.5, 0.6) is 0 Å². The fourth-order valence-electron chi connectivity index (χ4n) is 2.85. The Labute approximate surface area is 121 Å². The number of aliphatic hydroxyl groups excluding tert-OH is 1. The smallest absolute Gasteiger partial charge is 0.386 e. The third kappa shape index (κ3) is 2.80. The lowest BCUT2D eigenvalue weighted by atomic mass is 9.79. The number of ether oxygens (including phenoxy) is 2. The Morgan fingerprint density at radius 1 is 0.909 bits per heavy atom. The Hall–Kier alpha value is -0.610. The van der Waals surface area contributed by atoms with E-state index in [0.717, 1.165) is 0 Å². The van der Waals surface area contributed by atoms with Crippen LogP contribution >= 0.6 is 0 Å². The first kappa shape index (κ1) is 17.7. The van der Waals surface area contributed by atoms with Crippen LogP contribution in [0.4, 0.5) is 30.7 Å². The zero-order valence-corrected chi connectivity index (χ0v) is 11.3. The van der Waals surface area contributed by atoms with Crippen molar-refractivity contribution in [2.45, 2.75) is 55.6 Å². The van der Waals surface area contributed by atoms with Crippen molar-refractivity contribution in [2.75, 3.05) is 13.2 Å². The van der Waals surface area contributed by atoms with Gasteiger partial charge in [0.1, 0.15) is 6.10 Å². The first-order valence-electron chi connectivity index (χ1n) is 6.71. The maximum atomic E-state index is 13.5. The molecule has 1 saturated heterocycles. The van der Waals surface area contributed by atoms with Gasteiger partial charge >= 0.3 is 18.0 Å². The molecule has 130 valence electrons. The molecule has 1 aliphatic heterocycles. The lowest BCUT2D eigenvalue weighted by Crippen LogP contribution is -2.60. The van der Waals surface area contributed by atoms with E-state index in [2.05, 4.69) is 0 Å². The summed E-state index contributed by atoms with van der Waals surface area (Å²) >= 11 is 0. The highest BCUT2D eigenvalue weighted by Crippen LogP contribution is 2.51. The van der Waals surface area contributed by atoms with Gasteiger partial charge < -0.3 is 14.6 Å². The highest BCUT2D eigenvalue weighted by molar-refractivity contribution is 4.99. The molecule has 1 spiro atoms. The molecule has 0 aromatic carbocycles. The van der Waals surface area contributed by atoms with E-state index in [9.17, 15) is 35.8 Å². The fraction of sp³-hybridized carbons (Fsp3) is 1.00. The number of aliphatic hydroxyl groups is 1. The highest BCUT2D eigenvalue weighted by Gasteiger charge is 2.76. The van der Waals surface area contributed by atoms with Gasteiger partial charge in [0.25, 0.3) is 0 Å². The Morgan fingerprint density at radius 3 is 1.77 bits per heavy atom. The number of hydrogen-bond acceptors (Lipinski definition) is 3. The number of hydrogen-bond donors (Lipinski definition) is 1. The molecule has 1 atom stereocenters. The van der Waals surface area contributed by atoms with Gasteiger partial charge in [0, 0.05) is 12.8 Å². The largest absolute Gasteiger partial charge is 0.459 e. The van der Waals surface area contributed by atoms with Crippen molar-refractivity contribution in [1.29, 1.82) is 0 Å². The fourth-order valence-corrected chi connectivity index (χ4v) is 2.85. The monoisotopic (exact) mass is 340 g/mol. The van der Waals surface area contributed by atoms with Crippen molar-refractivity contribution in [3.63, 3.8) is 0 Å². The molecular weight excluding hydrogens is 325 g/mol. The lowest BCUT2D eigenvalue weighted by Gasteiger charge is -2.40. The average molecular weight is 340 g/mol. The molecule has 0 aromatic heterocycles. The quantitative estimate of drug-likeness (QED) is 0.803. The van der Waals surface area contributed by atoms with Crippen LogP contribution in [0.2, 0.25) is 0 Å². The Bertz CT molecular complexity index is 394. The molecule has 0 amide bonds. The molecule has 2 fully saturated rings. The van der Waals surface area contributed by atoms with Crippen molar-refractivity contribution in [3.05, 3.63) is 0 Å². The summed E-state index contributed by atoms with van der Waals surface area (Å²) < 4.78 is 99.7. The molecule has 3 nitrogen and oxygen atoms in total. The molecular formula is C12H15F7O3. The van der Waals surface area contributed by atoms with Crippen molar-refractivity contribution in [2.24, 2.45) is 5.92 Å². The van der Waals surface area contributed by atoms with Crippen LogP contribution in [0.25, 0.3) is 0 Å². The number of halogens is 7. The summed E-state index contributed by atoms with van der Waals surface area (Å²) in [6.45, 7) is 0.602. The van der Waals surface area contributed by atoms with Crippen molar-refractivity contribution in [1.82, 2.24) is 0 Å². The Balaban J connectivity index is 2.06. The van der Waals surface area contributed by atoms with Gasteiger partial charge in [0.05, 0.1) is 13.2 Å². The van der Waals surface area contributed by atoms with Crippen molar-refractivity contribution >= 4 is 0 Å². The maximum Gasteiger partial charge on any atom is 0.459 e. The van der Waals surface area contributed by atoms with Gasteiger partial charge in [0.2, 0.25) is 0 Å². The minimum Gasteiger partial charge on any atom is -0.386 e. The van der Waals surface area contributed by atoms with Crippen LogP contribution in [0, 0.1) is 5.92 Å². The standard InChI is InChI=1S/C12H15F7O3/c13-10(14,11(15,16)12(17,18)19)8(20)7-1-3-9(4-2-7)21-5-6-22-9/h7-8,20H,1-6H2. The van der Waals surface area contributed by atoms with Crippen molar-refractivity contribution in [3.8, 4) is 0 Å². The summed E-state index contributed by atoms with van der Waals surface area (Å²) in [5.41, 5.74) is 0. The molecule has 1 unspecified atom stereocenters. The summed E-state index contributed by atoms with van der Waals surface area (Å²) in [5.74, 6) is -14.3. The van der Waals surface area contributed by atoms with E-state index in [1.165, 1.54) is 0 Å². The zero-order chi connectivity index (χ0) is 16.8. The predicted molar refractivity (Wildman–Crippen MR) is 58.5 cm³/mol. The molecule has 2 aliphatic rings. The van der Waals surface area contributed by atoms with Gasteiger partial charge in [-0.3, -0.25) is 0 Å². The third-order valence-electron chi connectivity index (χ3n) is 4.20. The second-order valence-corrected chi connectivity index (χ2v) is 5.58. The molecule has 1 aliphatic carbocycles. The van der Waals surface area contributed by atoms with Crippen LogP contribution in [-0.2, 0) is 9.47 Å². The van der Waals surface area contributed by atoms with E-state index in [4.69, 9.17) is 9.47 Å². The second-order valence-electron chi connectivity index (χ2n) is 5.58. The van der Waals surface area contributed by atoms with Crippen LogP contribution in [-0.4, -0.2) is 48.2 Å². The van der Waals surface area contributed by atoms with Gasteiger partial charge in [-0.2, -0.15) is 30.7 Å². The summed E-state index contributed by atoms with van der Waals surface area (Å²) in [5, 5.41) is 9.42. The zero-order valence-electron chi connectivity index (χ0n) is 11.3. The van der Waals surface area contributed by atoms with Crippen LogP contribution in [0.15, 0.2) is 0 Å². The Kier molecular flexibility index (Phi) is 4.42. The molecule has 1 N–H and O–H groups in total. The van der Waals surface area contributed by atoms with Crippen LogP contribution in [0.1, 0.15) is 25.7 Å². The first-order valence-corrected chi connectivity index (χ1v) is 6.71. The maximum absolute atomic E-state index is 13.5. The molecule has 10 heteroatoms. The molecule has 1 saturated carbocycles. The van der Waals surface area contributed by atoms with E-state index in [-0.39, 0.29) is 25.7 Å². The second kappa shape index (κ2) is 5.48. The third-order valence-corrected chi connectivity index (χ3v) is 4.20. The molecule has 1 heterocycles. The molecule has 0 radical (unpaired) electrons. The normalized spacial score (nSPS) is 25.6.